The molecule has 0 aliphatic rings. The number of carbonyl (C=O) groups excluding carboxylic acids is 2. The first-order valence-electron chi connectivity index (χ1n) is 7.09. The van der Waals surface area contributed by atoms with Gasteiger partial charge < -0.3 is 5.32 Å². The SMILES string of the molecule is CCCC(NC(=O)Cc1ccccc1)C(=O)Nc1nncs1. The van der Waals surface area contributed by atoms with Gasteiger partial charge >= 0.3 is 0 Å². The summed E-state index contributed by atoms with van der Waals surface area (Å²) < 4.78 is 0. The number of carbonyl (C=O) groups is 2. The van der Waals surface area contributed by atoms with E-state index in [-0.39, 0.29) is 18.2 Å². The van der Waals surface area contributed by atoms with Gasteiger partial charge in [-0.2, -0.15) is 0 Å². The summed E-state index contributed by atoms with van der Waals surface area (Å²) in [5, 5.41) is 13.3. The van der Waals surface area contributed by atoms with Crippen LogP contribution in [-0.2, 0) is 16.0 Å². The van der Waals surface area contributed by atoms with Gasteiger partial charge in [0, 0.05) is 0 Å². The van der Waals surface area contributed by atoms with Crippen LogP contribution >= 0.6 is 11.3 Å². The van der Waals surface area contributed by atoms with Gasteiger partial charge in [-0.3, -0.25) is 14.9 Å². The molecule has 1 heterocycles. The number of hydrogen-bond acceptors (Lipinski definition) is 5. The zero-order chi connectivity index (χ0) is 15.8. The molecule has 22 heavy (non-hydrogen) atoms. The first-order valence-corrected chi connectivity index (χ1v) is 7.97. The van der Waals surface area contributed by atoms with E-state index in [1.807, 2.05) is 37.3 Å². The third-order valence-electron chi connectivity index (χ3n) is 3.03. The normalized spacial score (nSPS) is 11.7. The zero-order valence-electron chi connectivity index (χ0n) is 12.3. The standard InChI is InChI=1S/C15H18N4O2S/c1-2-6-12(14(21)18-15-19-16-10-22-15)17-13(20)9-11-7-4-3-5-8-11/h3-5,7-8,10,12H,2,6,9H2,1H3,(H,17,20)(H,18,19,21). The highest BCUT2D eigenvalue weighted by Crippen LogP contribution is 2.10. The van der Waals surface area contributed by atoms with E-state index < -0.39 is 6.04 Å². The second kappa shape index (κ2) is 8.23. The second-order valence-corrected chi connectivity index (χ2v) is 5.64. The maximum Gasteiger partial charge on any atom is 0.248 e. The maximum absolute atomic E-state index is 12.2. The van der Waals surface area contributed by atoms with Crippen LogP contribution in [-0.4, -0.2) is 28.1 Å². The van der Waals surface area contributed by atoms with Crippen LogP contribution in [0, 0.1) is 0 Å². The molecule has 2 aromatic rings. The van der Waals surface area contributed by atoms with Crippen LogP contribution in [0.3, 0.4) is 0 Å². The lowest BCUT2D eigenvalue weighted by atomic mass is 10.1. The molecule has 0 spiro atoms. The van der Waals surface area contributed by atoms with Crippen molar-refractivity contribution in [2.75, 3.05) is 5.32 Å². The Morgan fingerprint density at radius 2 is 2.05 bits per heavy atom. The molecule has 1 atom stereocenters. The summed E-state index contributed by atoms with van der Waals surface area (Å²) in [6.45, 7) is 1.97. The smallest absolute Gasteiger partial charge is 0.248 e. The molecule has 7 heteroatoms. The van der Waals surface area contributed by atoms with E-state index in [1.165, 1.54) is 11.3 Å². The van der Waals surface area contributed by atoms with Crippen LogP contribution < -0.4 is 10.6 Å². The lowest BCUT2D eigenvalue weighted by molar-refractivity contribution is -0.126. The van der Waals surface area contributed by atoms with Gasteiger partial charge in [0.1, 0.15) is 11.6 Å². The molecular formula is C15H18N4O2S. The molecule has 0 saturated heterocycles. The molecule has 116 valence electrons. The maximum atomic E-state index is 12.2. The van der Waals surface area contributed by atoms with Gasteiger partial charge in [0.15, 0.2) is 0 Å². The number of aromatic nitrogens is 2. The van der Waals surface area contributed by atoms with Crippen LogP contribution in [0.5, 0.6) is 0 Å². The summed E-state index contributed by atoms with van der Waals surface area (Å²) in [5.41, 5.74) is 2.46. The topological polar surface area (TPSA) is 84.0 Å². The molecule has 1 aromatic heterocycles. The quantitative estimate of drug-likeness (QED) is 0.818. The van der Waals surface area contributed by atoms with Crippen LogP contribution in [0.2, 0.25) is 0 Å². The lowest BCUT2D eigenvalue weighted by Crippen LogP contribution is -2.44. The number of nitrogens with one attached hydrogen (secondary N) is 2. The van der Waals surface area contributed by atoms with Gasteiger partial charge in [0.25, 0.3) is 0 Å². The van der Waals surface area contributed by atoms with E-state index in [1.54, 1.807) is 5.51 Å². The number of rotatable bonds is 7. The fourth-order valence-electron chi connectivity index (χ4n) is 2.00. The first-order chi connectivity index (χ1) is 10.7. The lowest BCUT2D eigenvalue weighted by Gasteiger charge is -2.17. The molecule has 1 aromatic carbocycles. The van der Waals surface area contributed by atoms with Crippen LogP contribution in [0.1, 0.15) is 25.3 Å². The predicted octanol–water partition coefficient (Wildman–Crippen LogP) is 2.00. The molecule has 6 nitrogen and oxygen atoms in total. The Morgan fingerprint density at radius 3 is 2.68 bits per heavy atom. The number of amides is 2. The molecule has 1 unspecified atom stereocenters. The van der Waals surface area contributed by atoms with E-state index in [4.69, 9.17) is 0 Å². The molecule has 0 saturated carbocycles. The summed E-state index contributed by atoms with van der Waals surface area (Å²) >= 11 is 1.24. The number of nitrogens with zero attached hydrogens (tertiary/aromatic N) is 2. The Labute approximate surface area is 133 Å². The summed E-state index contributed by atoms with van der Waals surface area (Å²) in [7, 11) is 0. The number of benzene rings is 1. The largest absolute Gasteiger partial charge is 0.344 e. The van der Waals surface area contributed by atoms with Crippen molar-refractivity contribution in [2.24, 2.45) is 0 Å². The van der Waals surface area contributed by atoms with Crippen molar-refractivity contribution in [3.05, 3.63) is 41.4 Å². The third kappa shape index (κ3) is 4.92. The van der Waals surface area contributed by atoms with Crippen molar-refractivity contribution in [3.63, 3.8) is 0 Å². The monoisotopic (exact) mass is 318 g/mol. The van der Waals surface area contributed by atoms with E-state index in [2.05, 4.69) is 20.8 Å². The van der Waals surface area contributed by atoms with Gasteiger partial charge in [-0.1, -0.05) is 55.0 Å². The minimum Gasteiger partial charge on any atom is -0.344 e. The van der Waals surface area contributed by atoms with E-state index >= 15 is 0 Å². The van der Waals surface area contributed by atoms with E-state index in [0.29, 0.717) is 11.6 Å². The van der Waals surface area contributed by atoms with E-state index in [0.717, 1.165) is 12.0 Å². The van der Waals surface area contributed by atoms with Crippen molar-refractivity contribution in [2.45, 2.75) is 32.2 Å². The van der Waals surface area contributed by atoms with Crippen molar-refractivity contribution in [1.82, 2.24) is 15.5 Å². The van der Waals surface area contributed by atoms with E-state index in [9.17, 15) is 9.59 Å². The van der Waals surface area contributed by atoms with Crippen molar-refractivity contribution in [3.8, 4) is 0 Å². The molecule has 2 rings (SSSR count). The Hall–Kier alpha value is -2.28. The summed E-state index contributed by atoms with van der Waals surface area (Å²) in [4.78, 5) is 24.3. The van der Waals surface area contributed by atoms with Crippen molar-refractivity contribution in [1.29, 1.82) is 0 Å². The van der Waals surface area contributed by atoms with Crippen molar-refractivity contribution < 1.29 is 9.59 Å². The minimum absolute atomic E-state index is 0.169. The third-order valence-corrected chi connectivity index (χ3v) is 3.63. The average Bonchev–Trinajstić information content (AvgIpc) is 3.00. The summed E-state index contributed by atoms with van der Waals surface area (Å²) in [6, 6.07) is 8.87. The summed E-state index contributed by atoms with van der Waals surface area (Å²) in [5.74, 6) is -0.433. The minimum atomic E-state index is -0.565. The fourth-order valence-corrected chi connectivity index (χ4v) is 2.45. The highest BCUT2D eigenvalue weighted by Gasteiger charge is 2.20. The predicted molar refractivity (Wildman–Crippen MR) is 85.5 cm³/mol. The van der Waals surface area contributed by atoms with Crippen LogP contribution in [0.15, 0.2) is 35.8 Å². The van der Waals surface area contributed by atoms with Gasteiger partial charge in [-0.25, -0.2) is 0 Å². The fraction of sp³-hybridized carbons (Fsp3) is 0.333. The molecular weight excluding hydrogens is 300 g/mol. The molecule has 0 aliphatic heterocycles. The van der Waals surface area contributed by atoms with Gasteiger partial charge in [-0.15, -0.1) is 10.2 Å². The molecule has 0 fully saturated rings. The van der Waals surface area contributed by atoms with Crippen LogP contribution in [0.25, 0.3) is 0 Å². The second-order valence-electron chi connectivity index (χ2n) is 4.80. The van der Waals surface area contributed by atoms with Gasteiger partial charge in [0.05, 0.1) is 6.42 Å². The summed E-state index contributed by atoms with van der Waals surface area (Å²) in [6.07, 6.45) is 1.62. The molecule has 2 amide bonds. The molecule has 0 radical (unpaired) electrons. The molecule has 2 N–H and O–H groups in total. The van der Waals surface area contributed by atoms with Crippen LogP contribution in [0.4, 0.5) is 5.13 Å². The number of anilines is 1. The van der Waals surface area contributed by atoms with Crippen molar-refractivity contribution >= 4 is 28.3 Å². The zero-order valence-corrected chi connectivity index (χ0v) is 13.1. The average molecular weight is 318 g/mol. The Kier molecular flexibility index (Phi) is 6.02. The first kappa shape index (κ1) is 16.1. The highest BCUT2D eigenvalue weighted by molar-refractivity contribution is 7.13. The Bertz CT molecular complexity index is 601. The molecule has 0 aliphatic carbocycles. The van der Waals surface area contributed by atoms with Gasteiger partial charge in [-0.05, 0) is 12.0 Å². The highest BCUT2D eigenvalue weighted by atomic mass is 32.1. The Morgan fingerprint density at radius 1 is 1.27 bits per heavy atom. The molecule has 0 bridgehead atoms. The number of hydrogen-bond donors (Lipinski definition) is 2. The Balaban J connectivity index is 1.92. The van der Waals surface area contributed by atoms with Gasteiger partial charge in [0.2, 0.25) is 16.9 Å².